The summed E-state index contributed by atoms with van der Waals surface area (Å²) in [7, 11) is 1.69. The number of likely N-dealkylation sites (N-methyl/N-ethyl adjacent to an activating group) is 1. The van der Waals surface area contributed by atoms with Crippen molar-refractivity contribution >= 4 is 5.91 Å². The van der Waals surface area contributed by atoms with Gasteiger partial charge in [0.25, 0.3) is 5.89 Å². The van der Waals surface area contributed by atoms with Crippen molar-refractivity contribution in [1.29, 1.82) is 0 Å². The lowest BCUT2D eigenvalue weighted by Crippen LogP contribution is -2.30. The van der Waals surface area contributed by atoms with Crippen LogP contribution in [-0.4, -0.2) is 50.9 Å². The Bertz CT molecular complexity index is 1120. The molecule has 1 aliphatic heterocycles. The van der Waals surface area contributed by atoms with Crippen LogP contribution in [0.4, 0.5) is 4.39 Å². The lowest BCUT2D eigenvalue weighted by molar-refractivity contribution is -0.129. The zero-order valence-electron chi connectivity index (χ0n) is 18.1. The molecular weight excluding hydrogens is 413 g/mol. The number of hydrogen-bond acceptors (Lipinski definition) is 6. The fourth-order valence-electron chi connectivity index (χ4n) is 3.96. The van der Waals surface area contributed by atoms with Gasteiger partial charge in [0.2, 0.25) is 5.91 Å². The third-order valence-corrected chi connectivity index (χ3v) is 6.09. The van der Waals surface area contributed by atoms with E-state index < -0.39 is 0 Å². The van der Waals surface area contributed by atoms with E-state index in [2.05, 4.69) is 14.8 Å². The Morgan fingerprint density at radius 2 is 2.16 bits per heavy atom. The first-order valence-corrected chi connectivity index (χ1v) is 11.0. The highest BCUT2D eigenvalue weighted by Crippen LogP contribution is 2.34. The molecule has 1 amide bonds. The number of hydrogen-bond donors (Lipinski definition) is 0. The first kappa shape index (κ1) is 20.8. The van der Waals surface area contributed by atoms with Crippen LogP contribution in [0, 0.1) is 11.7 Å². The molecule has 1 saturated carbocycles. The van der Waals surface area contributed by atoms with E-state index in [0.717, 1.165) is 18.5 Å². The van der Waals surface area contributed by atoms with E-state index in [0.29, 0.717) is 55.1 Å². The van der Waals surface area contributed by atoms with Gasteiger partial charge in [-0.1, -0.05) is 23.4 Å². The summed E-state index contributed by atoms with van der Waals surface area (Å²) < 4.78 is 27.0. The molecule has 0 spiro atoms. The Morgan fingerprint density at radius 1 is 1.31 bits per heavy atom. The average Bonchev–Trinajstić information content (AvgIpc) is 3.37. The number of nitrogens with zero attached hydrogens (tertiary/aromatic N) is 5. The second-order valence-corrected chi connectivity index (χ2v) is 8.55. The summed E-state index contributed by atoms with van der Waals surface area (Å²) in [5, 5.41) is 8.85. The van der Waals surface area contributed by atoms with Gasteiger partial charge in [-0.25, -0.2) is 4.39 Å². The largest absolute Gasteiger partial charge is 0.376 e. The number of ether oxygens (including phenoxy) is 1. The van der Waals surface area contributed by atoms with Crippen LogP contribution in [0.25, 0.3) is 11.6 Å². The molecular formula is C23H26FN5O3. The molecule has 1 aromatic carbocycles. The van der Waals surface area contributed by atoms with E-state index in [-0.39, 0.29) is 18.1 Å². The van der Waals surface area contributed by atoms with Gasteiger partial charge in [-0.3, -0.25) is 9.48 Å². The van der Waals surface area contributed by atoms with Crippen LogP contribution < -0.4 is 0 Å². The zero-order chi connectivity index (χ0) is 22.1. The van der Waals surface area contributed by atoms with Gasteiger partial charge >= 0.3 is 0 Å². The SMILES string of the molecule is CN(CCc1noc(-c2nn(CC3CC3)c3c2COCC3)n1)C(=O)Cc1ccccc1F. The lowest BCUT2D eigenvalue weighted by Gasteiger charge is -2.16. The van der Waals surface area contributed by atoms with Crippen molar-refractivity contribution in [2.45, 2.75) is 45.3 Å². The molecule has 3 heterocycles. The summed E-state index contributed by atoms with van der Waals surface area (Å²) in [6, 6.07) is 6.32. The Kier molecular flexibility index (Phi) is 5.73. The highest BCUT2D eigenvalue weighted by molar-refractivity contribution is 5.78. The van der Waals surface area contributed by atoms with Gasteiger partial charge in [-0.2, -0.15) is 10.1 Å². The number of halogens is 1. The molecule has 0 saturated heterocycles. The Hall–Kier alpha value is -3.07. The van der Waals surface area contributed by atoms with E-state index in [4.69, 9.17) is 14.4 Å². The maximum absolute atomic E-state index is 13.8. The van der Waals surface area contributed by atoms with Gasteiger partial charge in [-0.05, 0) is 30.4 Å². The number of fused-ring (bicyclic) bond motifs is 1. The second-order valence-electron chi connectivity index (χ2n) is 8.55. The highest BCUT2D eigenvalue weighted by Gasteiger charge is 2.29. The minimum atomic E-state index is -0.370. The number of carbonyl (C=O) groups is 1. The van der Waals surface area contributed by atoms with Crippen molar-refractivity contribution < 1.29 is 18.4 Å². The van der Waals surface area contributed by atoms with E-state index in [1.807, 2.05) is 0 Å². The molecule has 3 aromatic rings. The van der Waals surface area contributed by atoms with E-state index in [1.54, 1.807) is 30.1 Å². The highest BCUT2D eigenvalue weighted by atomic mass is 19.1. The number of amides is 1. The molecule has 0 bridgehead atoms. The molecule has 1 aliphatic carbocycles. The van der Waals surface area contributed by atoms with Crippen molar-refractivity contribution in [1.82, 2.24) is 24.8 Å². The van der Waals surface area contributed by atoms with Crippen molar-refractivity contribution in [2.75, 3.05) is 20.2 Å². The third-order valence-electron chi connectivity index (χ3n) is 6.09. The zero-order valence-corrected chi connectivity index (χ0v) is 18.1. The summed E-state index contributed by atoms with van der Waals surface area (Å²) in [5.74, 6) is 1.07. The van der Waals surface area contributed by atoms with Gasteiger partial charge < -0.3 is 14.2 Å². The number of carbonyl (C=O) groups excluding carboxylic acids is 1. The van der Waals surface area contributed by atoms with Crippen LogP contribution in [0.1, 0.15) is 35.5 Å². The fourth-order valence-corrected chi connectivity index (χ4v) is 3.96. The molecule has 1 fully saturated rings. The Labute approximate surface area is 185 Å². The monoisotopic (exact) mass is 439 g/mol. The maximum Gasteiger partial charge on any atom is 0.278 e. The molecule has 0 atom stereocenters. The Morgan fingerprint density at radius 3 is 2.97 bits per heavy atom. The molecule has 0 radical (unpaired) electrons. The van der Waals surface area contributed by atoms with Crippen LogP contribution in [0.3, 0.4) is 0 Å². The fraction of sp³-hybridized carbons (Fsp3) is 0.478. The first-order chi connectivity index (χ1) is 15.6. The third kappa shape index (κ3) is 4.43. The van der Waals surface area contributed by atoms with Gasteiger partial charge in [-0.15, -0.1) is 0 Å². The molecule has 8 nitrogen and oxygen atoms in total. The van der Waals surface area contributed by atoms with Crippen molar-refractivity contribution in [2.24, 2.45) is 5.92 Å². The molecule has 168 valence electrons. The molecule has 0 unspecified atom stereocenters. The van der Waals surface area contributed by atoms with Crippen molar-refractivity contribution in [3.05, 3.63) is 52.7 Å². The van der Waals surface area contributed by atoms with Gasteiger partial charge in [0, 0.05) is 44.2 Å². The number of aromatic nitrogens is 4. The predicted octanol–water partition coefficient (Wildman–Crippen LogP) is 2.80. The summed E-state index contributed by atoms with van der Waals surface area (Å²) in [6.07, 6.45) is 3.81. The topological polar surface area (TPSA) is 86.3 Å². The van der Waals surface area contributed by atoms with E-state index >= 15 is 0 Å². The lowest BCUT2D eigenvalue weighted by atomic mass is 10.1. The van der Waals surface area contributed by atoms with Gasteiger partial charge in [0.05, 0.1) is 19.6 Å². The van der Waals surface area contributed by atoms with Gasteiger partial charge in [0.15, 0.2) is 11.5 Å². The summed E-state index contributed by atoms with van der Waals surface area (Å²) in [6.45, 7) is 2.54. The number of rotatable bonds is 8. The molecule has 32 heavy (non-hydrogen) atoms. The minimum Gasteiger partial charge on any atom is -0.376 e. The van der Waals surface area contributed by atoms with Crippen LogP contribution >= 0.6 is 0 Å². The summed E-state index contributed by atoms with van der Waals surface area (Å²) in [5.41, 5.74) is 3.32. The van der Waals surface area contributed by atoms with Gasteiger partial charge in [0.1, 0.15) is 5.82 Å². The van der Waals surface area contributed by atoms with E-state index in [9.17, 15) is 9.18 Å². The second kappa shape index (κ2) is 8.82. The van der Waals surface area contributed by atoms with E-state index in [1.165, 1.54) is 24.6 Å². The van der Waals surface area contributed by atoms with Crippen molar-refractivity contribution in [3.8, 4) is 11.6 Å². The molecule has 0 N–H and O–H groups in total. The first-order valence-electron chi connectivity index (χ1n) is 11.0. The van der Waals surface area contributed by atoms with Crippen LogP contribution in [0.5, 0.6) is 0 Å². The average molecular weight is 439 g/mol. The number of benzene rings is 1. The molecule has 2 aliphatic rings. The summed E-state index contributed by atoms with van der Waals surface area (Å²) in [4.78, 5) is 18.5. The van der Waals surface area contributed by atoms with Crippen molar-refractivity contribution in [3.63, 3.8) is 0 Å². The predicted molar refractivity (Wildman–Crippen MR) is 113 cm³/mol. The Balaban J connectivity index is 1.24. The van der Waals surface area contributed by atoms with Crippen LogP contribution in [0.2, 0.25) is 0 Å². The summed E-state index contributed by atoms with van der Waals surface area (Å²) >= 11 is 0. The smallest absolute Gasteiger partial charge is 0.278 e. The minimum absolute atomic E-state index is 0.0191. The maximum atomic E-state index is 13.8. The standard InChI is InChI=1S/C23H26FN5O3/c1-28(21(30)12-16-4-2-3-5-18(16)24)10-8-20-25-23(32-27-20)22-17-14-31-11-9-19(17)29(26-22)13-15-6-7-15/h2-5,15H,6-14H2,1H3. The normalized spacial score (nSPS) is 15.6. The quantitative estimate of drug-likeness (QED) is 0.537. The van der Waals surface area contributed by atoms with Crippen LogP contribution in [-0.2, 0) is 41.9 Å². The molecule has 5 rings (SSSR count). The van der Waals surface area contributed by atoms with Crippen LogP contribution in [0.15, 0.2) is 28.8 Å². The molecule has 9 heteroatoms. The molecule has 2 aromatic heterocycles.